The van der Waals surface area contributed by atoms with Crippen LogP contribution in [0.3, 0.4) is 0 Å². The van der Waals surface area contributed by atoms with E-state index in [0.29, 0.717) is 16.9 Å². The number of aliphatic hydroxyl groups is 1. The molecule has 1 aromatic heterocycles. The lowest BCUT2D eigenvalue weighted by molar-refractivity contribution is 0.280. The van der Waals surface area contributed by atoms with Crippen LogP contribution in [0.1, 0.15) is 11.3 Å². The molecule has 0 radical (unpaired) electrons. The summed E-state index contributed by atoms with van der Waals surface area (Å²) in [5, 5.41) is 21.0. The van der Waals surface area contributed by atoms with Crippen molar-refractivity contribution in [1.82, 2.24) is 9.78 Å². The topological polar surface area (TPSA) is 78.2 Å². The molecule has 5 heteroatoms. The highest BCUT2D eigenvalue weighted by molar-refractivity contribution is 5.37. The van der Waals surface area contributed by atoms with Crippen LogP contribution in [0.15, 0.2) is 29.1 Å². The molecule has 0 saturated heterocycles. The Kier molecular flexibility index (Phi) is 2.54. The van der Waals surface area contributed by atoms with Crippen LogP contribution in [0, 0.1) is 6.92 Å². The van der Waals surface area contributed by atoms with Crippen molar-refractivity contribution in [3.63, 3.8) is 0 Å². The largest absolute Gasteiger partial charge is 0.508 e. The van der Waals surface area contributed by atoms with E-state index in [-0.39, 0.29) is 17.9 Å². The van der Waals surface area contributed by atoms with E-state index >= 15 is 0 Å². The number of hydrogen-bond acceptors (Lipinski definition) is 3. The van der Waals surface area contributed by atoms with Gasteiger partial charge in [-0.1, -0.05) is 0 Å². The molecule has 0 saturated carbocycles. The zero-order chi connectivity index (χ0) is 11.7. The highest BCUT2D eigenvalue weighted by atomic mass is 16.3. The second kappa shape index (κ2) is 3.86. The van der Waals surface area contributed by atoms with Gasteiger partial charge in [0, 0.05) is 5.69 Å². The van der Waals surface area contributed by atoms with Crippen molar-refractivity contribution in [3.05, 3.63) is 45.9 Å². The number of aliphatic hydroxyl groups excluding tert-OH is 1. The molecule has 3 N–H and O–H groups in total. The first-order valence-electron chi connectivity index (χ1n) is 4.84. The lowest BCUT2D eigenvalue weighted by Gasteiger charge is -2.00. The number of hydrogen-bond donors (Lipinski definition) is 3. The summed E-state index contributed by atoms with van der Waals surface area (Å²) in [5.74, 6) is 0.141. The number of aromatic hydroxyl groups is 1. The quantitative estimate of drug-likeness (QED) is 0.696. The summed E-state index contributed by atoms with van der Waals surface area (Å²) in [4.78, 5) is 11.8. The van der Waals surface area contributed by atoms with Gasteiger partial charge in [-0.05, 0) is 31.2 Å². The van der Waals surface area contributed by atoms with Crippen molar-refractivity contribution in [3.8, 4) is 11.4 Å². The van der Waals surface area contributed by atoms with Gasteiger partial charge in [-0.2, -0.15) is 0 Å². The molecular weight excluding hydrogens is 208 g/mol. The van der Waals surface area contributed by atoms with Gasteiger partial charge < -0.3 is 10.2 Å². The maximum atomic E-state index is 11.8. The molecule has 0 aliphatic carbocycles. The van der Waals surface area contributed by atoms with E-state index in [1.165, 1.54) is 16.8 Å². The molecular formula is C11H12N2O3. The second-order valence-electron chi connectivity index (χ2n) is 3.53. The van der Waals surface area contributed by atoms with Gasteiger partial charge in [-0.15, -0.1) is 0 Å². The monoisotopic (exact) mass is 220 g/mol. The Labute approximate surface area is 91.6 Å². The SMILES string of the molecule is Cc1[nH]n(-c2ccc(O)cc2)c(=O)c1CO. The first-order valence-corrected chi connectivity index (χ1v) is 4.84. The van der Waals surface area contributed by atoms with Gasteiger partial charge in [0.15, 0.2) is 0 Å². The molecule has 0 unspecified atom stereocenters. The van der Waals surface area contributed by atoms with E-state index in [4.69, 9.17) is 10.2 Å². The molecule has 0 aliphatic heterocycles. The average Bonchev–Trinajstić information content (AvgIpc) is 2.55. The molecule has 2 rings (SSSR count). The van der Waals surface area contributed by atoms with Gasteiger partial charge in [0.2, 0.25) is 0 Å². The van der Waals surface area contributed by atoms with Gasteiger partial charge in [0.25, 0.3) is 5.56 Å². The smallest absolute Gasteiger partial charge is 0.277 e. The zero-order valence-corrected chi connectivity index (χ0v) is 8.77. The minimum Gasteiger partial charge on any atom is -0.508 e. The second-order valence-corrected chi connectivity index (χ2v) is 3.53. The Morgan fingerprint density at radius 2 is 1.94 bits per heavy atom. The fourth-order valence-corrected chi connectivity index (χ4v) is 1.55. The highest BCUT2D eigenvalue weighted by Crippen LogP contribution is 2.12. The minimum absolute atomic E-state index is 0.141. The van der Waals surface area contributed by atoms with Gasteiger partial charge in [-0.3, -0.25) is 9.89 Å². The number of aromatic nitrogens is 2. The molecule has 5 nitrogen and oxygen atoms in total. The summed E-state index contributed by atoms with van der Waals surface area (Å²) in [5.41, 5.74) is 1.34. The Morgan fingerprint density at radius 3 is 2.44 bits per heavy atom. The molecule has 0 atom stereocenters. The number of aryl methyl sites for hydroxylation is 1. The predicted molar refractivity (Wildman–Crippen MR) is 58.7 cm³/mol. The third-order valence-corrected chi connectivity index (χ3v) is 2.46. The third kappa shape index (κ3) is 1.61. The molecule has 0 aliphatic rings. The molecule has 2 aromatic rings. The lowest BCUT2D eigenvalue weighted by atomic mass is 10.3. The Bertz CT molecular complexity index is 552. The van der Waals surface area contributed by atoms with E-state index in [0.717, 1.165) is 0 Å². The van der Waals surface area contributed by atoms with Crippen LogP contribution in [0.25, 0.3) is 5.69 Å². The summed E-state index contributed by atoms with van der Waals surface area (Å²) in [7, 11) is 0. The Balaban J connectivity index is 2.57. The number of phenolic OH excluding ortho intramolecular Hbond substituents is 1. The Morgan fingerprint density at radius 1 is 1.31 bits per heavy atom. The molecule has 1 aromatic carbocycles. The van der Waals surface area contributed by atoms with E-state index in [2.05, 4.69) is 5.10 Å². The number of nitrogens with zero attached hydrogens (tertiary/aromatic N) is 1. The molecule has 0 bridgehead atoms. The summed E-state index contributed by atoms with van der Waals surface area (Å²) in [6.45, 7) is 1.44. The van der Waals surface area contributed by atoms with Gasteiger partial charge in [0.05, 0.1) is 17.9 Å². The molecule has 0 amide bonds. The van der Waals surface area contributed by atoms with E-state index < -0.39 is 0 Å². The predicted octanol–water partition coefficient (Wildman–Crippen LogP) is 0.672. The molecule has 84 valence electrons. The molecule has 16 heavy (non-hydrogen) atoms. The first-order chi connectivity index (χ1) is 7.63. The number of nitrogens with one attached hydrogen (secondary N) is 1. The van der Waals surface area contributed by atoms with Gasteiger partial charge in [0.1, 0.15) is 5.75 Å². The molecule has 0 fully saturated rings. The van der Waals surface area contributed by atoms with Crippen LogP contribution >= 0.6 is 0 Å². The molecule has 1 heterocycles. The molecule has 0 spiro atoms. The normalized spacial score (nSPS) is 10.6. The van der Waals surface area contributed by atoms with Crippen molar-refractivity contribution in [2.75, 3.05) is 0 Å². The first kappa shape index (κ1) is 10.5. The van der Waals surface area contributed by atoms with Crippen molar-refractivity contribution < 1.29 is 10.2 Å². The number of phenols is 1. The van der Waals surface area contributed by atoms with Gasteiger partial charge in [-0.25, -0.2) is 4.68 Å². The van der Waals surface area contributed by atoms with Crippen LogP contribution in [-0.4, -0.2) is 20.0 Å². The van der Waals surface area contributed by atoms with Crippen molar-refractivity contribution >= 4 is 0 Å². The lowest BCUT2D eigenvalue weighted by Crippen LogP contribution is -2.17. The van der Waals surface area contributed by atoms with Crippen molar-refractivity contribution in [2.45, 2.75) is 13.5 Å². The average molecular weight is 220 g/mol. The van der Waals surface area contributed by atoms with Crippen molar-refractivity contribution in [2.24, 2.45) is 0 Å². The van der Waals surface area contributed by atoms with Crippen LogP contribution in [0.2, 0.25) is 0 Å². The maximum absolute atomic E-state index is 11.8. The van der Waals surface area contributed by atoms with Gasteiger partial charge >= 0.3 is 0 Å². The van der Waals surface area contributed by atoms with Crippen molar-refractivity contribution in [1.29, 1.82) is 0 Å². The fourth-order valence-electron chi connectivity index (χ4n) is 1.55. The number of aromatic amines is 1. The summed E-state index contributed by atoms with van der Waals surface area (Å²) in [6, 6.07) is 6.23. The number of H-pyrrole nitrogens is 1. The maximum Gasteiger partial charge on any atom is 0.277 e. The third-order valence-electron chi connectivity index (χ3n) is 2.46. The number of rotatable bonds is 2. The highest BCUT2D eigenvalue weighted by Gasteiger charge is 2.10. The summed E-state index contributed by atoms with van der Waals surface area (Å²) in [6.07, 6.45) is 0. The van der Waals surface area contributed by atoms with Crippen LogP contribution in [-0.2, 0) is 6.61 Å². The minimum atomic E-state index is -0.285. The van der Waals surface area contributed by atoms with Crippen LogP contribution < -0.4 is 5.56 Å². The van der Waals surface area contributed by atoms with E-state index in [9.17, 15) is 4.79 Å². The fraction of sp³-hybridized carbons (Fsp3) is 0.182. The van der Waals surface area contributed by atoms with Crippen LogP contribution in [0.5, 0.6) is 5.75 Å². The summed E-state index contributed by atoms with van der Waals surface area (Å²) >= 11 is 0. The Hall–Kier alpha value is -2.01. The standard InChI is InChI=1S/C11H12N2O3/c1-7-10(6-14)11(16)13(12-7)8-2-4-9(15)5-3-8/h2-5,12,14-15H,6H2,1H3. The van der Waals surface area contributed by atoms with E-state index in [1.807, 2.05) is 0 Å². The zero-order valence-electron chi connectivity index (χ0n) is 8.77. The van der Waals surface area contributed by atoms with Crippen LogP contribution in [0.4, 0.5) is 0 Å². The van der Waals surface area contributed by atoms with E-state index in [1.54, 1.807) is 19.1 Å². The number of benzene rings is 1. The summed E-state index contributed by atoms with van der Waals surface area (Å²) < 4.78 is 1.33.